The van der Waals surface area contributed by atoms with Crippen molar-refractivity contribution in [2.45, 2.75) is 25.0 Å². The number of carbonyl (C=O) groups is 2. The quantitative estimate of drug-likeness (QED) is 0.816. The van der Waals surface area contributed by atoms with E-state index >= 15 is 0 Å². The molecule has 1 saturated carbocycles. The number of aromatic nitrogens is 1. The number of pyridine rings is 1. The largest absolute Gasteiger partial charge is 0.444 e. The summed E-state index contributed by atoms with van der Waals surface area (Å²) in [4.78, 5) is 28.7. The minimum absolute atomic E-state index is 0.194. The standard InChI is InChI=1S/C17H15BrN2O3/c18-13-8-12(9-19-10-13)17(22)23-15(11-4-2-1-3-5-11)16(21)20-14-6-7-14/h1-5,8-10,14-15H,6-7H2,(H,20,21). The summed E-state index contributed by atoms with van der Waals surface area (Å²) in [6, 6.07) is 10.8. The zero-order chi connectivity index (χ0) is 16.2. The maximum Gasteiger partial charge on any atom is 0.340 e. The molecule has 1 fully saturated rings. The van der Waals surface area contributed by atoms with Crippen molar-refractivity contribution in [3.63, 3.8) is 0 Å². The van der Waals surface area contributed by atoms with Gasteiger partial charge in [0.1, 0.15) is 0 Å². The molecule has 6 heteroatoms. The second-order valence-electron chi connectivity index (χ2n) is 5.37. The van der Waals surface area contributed by atoms with Gasteiger partial charge in [0.15, 0.2) is 0 Å². The molecule has 0 aliphatic heterocycles. The Bertz CT molecular complexity index is 717. The third kappa shape index (κ3) is 4.16. The van der Waals surface area contributed by atoms with Crippen molar-refractivity contribution in [2.75, 3.05) is 0 Å². The van der Waals surface area contributed by atoms with Crippen LogP contribution in [0.2, 0.25) is 0 Å². The smallest absolute Gasteiger partial charge is 0.340 e. The van der Waals surface area contributed by atoms with Crippen LogP contribution >= 0.6 is 15.9 Å². The van der Waals surface area contributed by atoms with Gasteiger partial charge in [-0.05, 0) is 34.8 Å². The van der Waals surface area contributed by atoms with E-state index < -0.39 is 12.1 Å². The lowest BCUT2D eigenvalue weighted by molar-refractivity contribution is -0.130. The van der Waals surface area contributed by atoms with E-state index in [-0.39, 0.29) is 11.9 Å². The average molecular weight is 375 g/mol. The summed E-state index contributed by atoms with van der Waals surface area (Å²) in [5, 5.41) is 2.88. The van der Waals surface area contributed by atoms with Gasteiger partial charge in [-0.25, -0.2) is 4.79 Å². The summed E-state index contributed by atoms with van der Waals surface area (Å²) in [7, 11) is 0. The monoisotopic (exact) mass is 374 g/mol. The summed E-state index contributed by atoms with van der Waals surface area (Å²) in [6.07, 6.45) is 3.95. The van der Waals surface area contributed by atoms with Crippen LogP contribution in [0.3, 0.4) is 0 Å². The Morgan fingerprint density at radius 1 is 1.22 bits per heavy atom. The Morgan fingerprint density at radius 2 is 1.96 bits per heavy atom. The van der Waals surface area contributed by atoms with Gasteiger partial charge in [0, 0.05) is 28.5 Å². The minimum atomic E-state index is -0.969. The first kappa shape index (κ1) is 15.7. The number of benzene rings is 1. The van der Waals surface area contributed by atoms with Crippen LogP contribution < -0.4 is 5.32 Å². The van der Waals surface area contributed by atoms with Gasteiger partial charge in [-0.1, -0.05) is 30.3 Å². The Kier molecular flexibility index (Phi) is 4.71. The van der Waals surface area contributed by atoms with E-state index in [4.69, 9.17) is 4.74 Å². The molecular weight excluding hydrogens is 360 g/mol. The van der Waals surface area contributed by atoms with Crippen LogP contribution in [0.5, 0.6) is 0 Å². The molecule has 0 radical (unpaired) electrons. The van der Waals surface area contributed by atoms with Gasteiger partial charge in [-0.15, -0.1) is 0 Å². The van der Waals surface area contributed by atoms with E-state index in [0.29, 0.717) is 15.6 Å². The summed E-state index contributed by atoms with van der Waals surface area (Å²) in [5.74, 6) is -0.881. The number of ether oxygens (including phenoxy) is 1. The number of nitrogens with zero attached hydrogens (tertiary/aromatic N) is 1. The summed E-state index contributed by atoms with van der Waals surface area (Å²) < 4.78 is 6.13. The Labute approximate surface area is 142 Å². The fourth-order valence-corrected chi connectivity index (χ4v) is 2.47. The lowest BCUT2D eigenvalue weighted by Gasteiger charge is -2.18. The van der Waals surface area contributed by atoms with Gasteiger partial charge in [0.2, 0.25) is 6.10 Å². The molecule has 1 heterocycles. The number of carbonyl (C=O) groups excluding carboxylic acids is 2. The molecule has 0 spiro atoms. The average Bonchev–Trinajstić information content (AvgIpc) is 3.37. The zero-order valence-corrected chi connectivity index (χ0v) is 13.8. The van der Waals surface area contributed by atoms with Crippen LogP contribution in [0.15, 0.2) is 53.3 Å². The minimum Gasteiger partial charge on any atom is -0.444 e. The second-order valence-corrected chi connectivity index (χ2v) is 6.29. The Hall–Kier alpha value is -2.21. The van der Waals surface area contributed by atoms with Crippen molar-refractivity contribution < 1.29 is 14.3 Å². The van der Waals surface area contributed by atoms with Gasteiger partial charge >= 0.3 is 5.97 Å². The maximum atomic E-state index is 12.4. The van der Waals surface area contributed by atoms with E-state index in [1.54, 1.807) is 36.5 Å². The first-order valence-electron chi connectivity index (χ1n) is 7.30. The molecule has 3 rings (SSSR count). The van der Waals surface area contributed by atoms with Crippen molar-refractivity contribution in [1.29, 1.82) is 0 Å². The van der Waals surface area contributed by atoms with E-state index in [9.17, 15) is 9.59 Å². The fraction of sp³-hybridized carbons (Fsp3) is 0.235. The lowest BCUT2D eigenvalue weighted by Crippen LogP contribution is -2.33. The van der Waals surface area contributed by atoms with Crippen molar-refractivity contribution in [2.24, 2.45) is 0 Å². The number of halogens is 1. The highest BCUT2D eigenvalue weighted by Crippen LogP contribution is 2.24. The number of esters is 1. The predicted molar refractivity (Wildman–Crippen MR) is 87.7 cm³/mol. The van der Waals surface area contributed by atoms with Crippen LogP contribution in [0.1, 0.15) is 34.9 Å². The van der Waals surface area contributed by atoms with Gasteiger partial charge in [0.05, 0.1) is 5.56 Å². The SMILES string of the molecule is O=C(OC(C(=O)NC1CC1)c1ccccc1)c1cncc(Br)c1. The van der Waals surface area contributed by atoms with E-state index in [1.165, 1.54) is 6.20 Å². The molecular formula is C17H15BrN2O3. The molecule has 1 unspecified atom stereocenters. The molecule has 1 aliphatic carbocycles. The normalized spacial score (nSPS) is 14.8. The topological polar surface area (TPSA) is 68.3 Å². The van der Waals surface area contributed by atoms with Crippen LogP contribution in [0.25, 0.3) is 0 Å². The third-order valence-corrected chi connectivity index (χ3v) is 3.86. The number of hydrogen-bond donors (Lipinski definition) is 1. The van der Waals surface area contributed by atoms with Gasteiger partial charge < -0.3 is 10.1 Å². The molecule has 1 amide bonds. The van der Waals surface area contributed by atoms with E-state index in [0.717, 1.165) is 12.8 Å². The summed E-state index contributed by atoms with van der Waals surface area (Å²) >= 11 is 3.26. The molecule has 118 valence electrons. The molecule has 0 saturated heterocycles. The lowest BCUT2D eigenvalue weighted by atomic mass is 10.1. The second kappa shape index (κ2) is 6.91. The predicted octanol–water partition coefficient (Wildman–Crippen LogP) is 3.02. The highest BCUT2D eigenvalue weighted by Gasteiger charge is 2.31. The van der Waals surface area contributed by atoms with Gasteiger partial charge in [-0.2, -0.15) is 0 Å². The van der Waals surface area contributed by atoms with E-state index in [1.807, 2.05) is 6.07 Å². The number of hydrogen-bond acceptors (Lipinski definition) is 4. The summed E-state index contributed by atoms with van der Waals surface area (Å²) in [5.41, 5.74) is 0.932. The molecule has 1 atom stereocenters. The fourth-order valence-electron chi connectivity index (χ4n) is 2.10. The van der Waals surface area contributed by atoms with Gasteiger partial charge in [-0.3, -0.25) is 9.78 Å². The molecule has 1 aromatic heterocycles. The Morgan fingerprint density at radius 3 is 2.61 bits per heavy atom. The molecule has 23 heavy (non-hydrogen) atoms. The first-order valence-corrected chi connectivity index (χ1v) is 8.09. The molecule has 1 aliphatic rings. The molecule has 5 nitrogen and oxygen atoms in total. The summed E-state index contributed by atoms with van der Waals surface area (Å²) in [6.45, 7) is 0. The number of rotatable bonds is 5. The van der Waals surface area contributed by atoms with Crippen LogP contribution in [0, 0.1) is 0 Å². The maximum absolute atomic E-state index is 12.4. The number of nitrogens with one attached hydrogen (secondary N) is 1. The highest BCUT2D eigenvalue weighted by molar-refractivity contribution is 9.10. The van der Waals surface area contributed by atoms with Crippen molar-refractivity contribution >= 4 is 27.8 Å². The van der Waals surface area contributed by atoms with E-state index in [2.05, 4.69) is 26.2 Å². The highest BCUT2D eigenvalue weighted by atomic mass is 79.9. The Balaban J connectivity index is 1.80. The van der Waals surface area contributed by atoms with Gasteiger partial charge in [0.25, 0.3) is 5.91 Å². The molecule has 0 bridgehead atoms. The van der Waals surface area contributed by atoms with Crippen LogP contribution in [-0.4, -0.2) is 22.9 Å². The van der Waals surface area contributed by atoms with Crippen LogP contribution in [0.4, 0.5) is 0 Å². The van der Waals surface area contributed by atoms with Crippen molar-refractivity contribution in [1.82, 2.24) is 10.3 Å². The van der Waals surface area contributed by atoms with Crippen LogP contribution in [-0.2, 0) is 9.53 Å². The first-order chi connectivity index (χ1) is 11.1. The number of amides is 1. The molecule has 1 aromatic carbocycles. The molecule has 2 aromatic rings. The third-order valence-electron chi connectivity index (χ3n) is 3.43. The zero-order valence-electron chi connectivity index (χ0n) is 12.2. The van der Waals surface area contributed by atoms with Crippen molar-refractivity contribution in [3.05, 3.63) is 64.4 Å². The van der Waals surface area contributed by atoms with Crippen molar-refractivity contribution in [3.8, 4) is 0 Å². The molecule has 1 N–H and O–H groups in total.